The molecule has 0 aromatic heterocycles. The highest BCUT2D eigenvalue weighted by Gasteiger charge is 2.26. The second-order valence-electron chi connectivity index (χ2n) is 6.97. The van der Waals surface area contributed by atoms with E-state index in [0.717, 1.165) is 45.8 Å². The molecule has 0 bridgehead atoms. The SMILES string of the molecule is c1ccc(C(CN2CCNCC2)N2CCc3ccccc3C2)cc1. The van der Waals surface area contributed by atoms with E-state index in [2.05, 4.69) is 69.7 Å². The molecule has 3 heteroatoms. The summed E-state index contributed by atoms with van der Waals surface area (Å²) >= 11 is 0. The summed E-state index contributed by atoms with van der Waals surface area (Å²) in [5.74, 6) is 0. The van der Waals surface area contributed by atoms with Gasteiger partial charge in [-0.3, -0.25) is 9.80 Å². The molecule has 0 amide bonds. The lowest BCUT2D eigenvalue weighted by Gasteiger charge is -2.39. The van der Waals surface area contributed by atoms with Gasteiger partial charge >= 0.3 is 0 Å². The van der Waals surface area contributed by atoms with Gasteiger partial charge in [-0.15, -0.1) is 0 Å². The van der Waals surface area contributed by atoms with Crippen molar-refractivity contribution in [2.75, 3.05) is 39.3 Å². The summed E-state index contributed by atoms with van der Waals surface area (Å²) in [5, 5.41) is 3.47. The minimum atomic E-state index is 0.484. The lowest BCUT2D eigenvalue weighted by Crippen LogP contribution is -2.48. The largest absolute Gasteiger partial charge is 0.314 e. The van der Waals surface area contributed by atoms with Crippen molar-refractivity contribution >= 4 is 0 Å². The van der Waals surface area contributed by atoms with Crippen molar-refractivity contribution in [1.82, 2.24) is 15.1 Å². The van der Waals surface area contributed by atoms with E-state index in [1.165, 1.54) is 23.1 Å². The number of rotatable bonds is 4. The lowest BCUT2D eigenvalue weighted by molar-refractivity contribution is 0.118. The highest BCUT2D eigenvalue weighted by Crippen LogP contribution is 2.28. The zero-order valence-electron chi connectivity index (χ0n) is 14.3. The zero-order chi connectivity index (χ0) is 16.2. The molecule has 126 valence electrons. The van der Waals surface area contributed by atoms with Gasteiger partial charge in [0.05, 0.1) is 0 Å². The number of nitrogens with one attached hydrogen (secondary N) is 1. The van der Waals surface area contributed by atoms with Crippen molar-refractivity contribution in [2.24, 2.45) is 0 Å². The third kappa shape index (κ3) is 3.54. The van der Waals surface area contributed by atoms with Crippen molar-refractivity contribution < 1.29 is 0 Å². The first-order chi connectivity index (χ1) is 11.9. The molecule has 1 atom stereocenters. The monoisotopic (exact) mass is 321 g/mol. The van der Waals surface area contributed by atoms with E-state index < -0.39 is 0 Å². The number of hydrogen-bond donors (Lipinski definition) is 1. The van der Waals surface area contributed by atoms with Crippen LogP contribution in [0.1, 0.15) is 22.7 Å². The van der Waals surface area contributed by atoms with E-state index in [1.54, 1.807) is 0 Å². The molecule has 4 rings (SSSR count). The van der Waals surface area contributed by atoms with Crippen LogP contribution in [0.25, 0.3) is 0 Å². The summed E-state index contributed by atoms with van der Waals surface area (Å²) in [6.45, 7) is 7.91. The molecule has 2 heterocycles. The fraction of sp³-hybridized carbons (Fsp3) is 0.429. The first-order valence-electron chi connectivity index (χ1n) is 9.19. The first-order valence-corrected chi connectivity index (χ1v) is 9.19. The lowest BCUT2D eigenvalue weighted by atomic mass is 9.96. The van der Waals surface area contributed by atoms with Gasteiger partial charge in [-0.1, -0.05) is 54.6 Å². The Kier molecular flexibility index (Phi) is 4.93. The summed E-state index contributed by atoms with van der Waals surface area (Å²) in [6.07, 6.45) is 1.17. The molecule has 1 unspecified atom stereocenters. The fourth-order valence-corrected chi connectivity index (χ4v) is 4.03. The van der Waals surface area contributed by atoms with Crippen LogP contribution in [0.3, 0.4) is 0 Å². The minimum Gasteiger partial charge on any atom is -0.314 e. The third-order valence-electron chi connectivity index (χ3n) is 5.43. The second kappa shape index (κ2) is 7.47. The average Bonchev–Trinajstić information content (AvgIpc) is 2.67. The molecule has 1 fully saturated rings. The Morgan fingerprint density at radius 3 is 2.33 bits per heavy atom. The van der Waals surface area contributed by atoms with E-state index in [1.807, 2.05) is 0 Å². The van der Waals surface area contributed by atoms with Crippen LogP contribution in [-0.2, 0) is 13.0 Å². The summed E-state index contributed by atoms with van der Waals surface area (Å²) in [5.41, 5.74) is 4.49. The molecule has 2 aliphatic heterocycles. The molecule has 24 heavy (non-hydrogen) atoms. The molecule has 2 aromatic rings. The van der Waals surface area contributed by atoms with Crippen molar-refractivity contribution in [3.63, 3.8) is 0 Å². The maximum absolute atomic E-state index is 3.47. The summed E-state index contributed by atoms with van der Waals surface area (Å²) < 4.78 is 0. The molecule has 2 aliphatic rings. The Morgan fingerprint density at radius 1 is 0.833 bits per heavy atom. The average molecular weight is 321 g/mol. The van der Waals surface area contributed by atoms with Crippen LogP contribution in [0, 0.1) is 0 Å². The summed E-state index contributed by atoms with van der Waals surface area (Å²) in [6, 6.07) is 20.5. The first kappa shape index (κ1) is 15.8. The molecule has 3 nitrogen and oxygen atoms in total. The van der Waals surface area contributed by atoms with Crippen LogP contribution in [0.15, 0.2) is 54.6 Å². The molecule has 0 aliphatic carbocycles. The van der Waals surface area contributed by atoms with Crippen molar-refractivity contribution in [3.8, 4) is 0 Å². The predicted molar refractivity (Wildman–Crippen MR) is 99.0 cm³/mol. The topological polar surface area (TPSA) is 18.5 Å². The summed E-state index contributed by atoms with van der Waals surface area (Å²) in [7, 11) is 0. The van der Waals surface area contributed by atoms with E-state index in [0.29, 0.717) is 6.04 Å². The maximum Gasteiger partial charge on any atom is 0.0478 e. The third-order valence-corrected chi connectivity index (χ3v) is 5.43. The Hall–Kier alpha value is -1.68. The number of nitrogens with zero attached hydrogens (tertiary/aromatic N) is 2. The van der Waals surface area contributed by atoms with Crippen molar-refractivity contribution in [1.29, 1.82) is 0 Å². The normalized spacial score (nSPS) is 20.5. The fourth-order valence-electron chi connectivity index (χ4n) is 4.03. The standard InChI is InChI=1S/C21H27N3/c1-2-7-19(8-3-1)21(17-23-14-11-22-12-15-23)24-13-10-18-6-4-5-9-20(18)16-24/h1-9,21-22H,10-17H2. The second-order valence-corrected chi connectivity index (χ2v) is 6.97. The van der Waals surface area contributed by atoms with Gasteiger partial charge in [0.1, 0.15) is 0 Å². The molecule has 0 radical (unpaired) electrons. The smallest absolute Gasteiger partial charge is 0.0478 e. The van der Waals surface area contributed by atoms with Gasteiger partial charge in [0, 0.05) is 51.9 Å². The Labute approximate surface area is 145 Å². The molecule has 2 aromatic carbocycles. The quantitative estimate of drug-likeness (QED) is 0.934. The van der Waals surface area contributed by atoms with Crippen LogP contribution < -0.4 is 5.32 Å². The van der Waals surface area contributed by atoms with Crippen LogP contribution in [-0.4, -0.2) is 49.1 Å². The molecule has 1 N–H and O–H groups in total. The Balaban J connectivity index is 1.56. The molecule has 0 saturated carbocycles. The van der Waals surface area contributed by atoms with Crippen LogP contribution in [0.5, 0.6) is 0 Å². The number of hydrogen-bond acceptors (Lipinski definition) is 3. The Bertz CT molecular complexity index is 649. The van der Waals surface area contributed by atoms with Gasteiger partial charge in [-0.05, 0) is 23.1 Å². The minimum absolute atomic E-state index is 0.484. The van der Waals surface area contributed by atoms with E-state index in [-0.39, 0.29) is 0 Å². The molecule has 0 spiro atoms. The highest BCUT2D eigenvalue weighted by atomic mass is 15.2. The van der Waals surface area contributed by atoms with Crippen molar-refractivity contribution in [2.45, 2.75) is 19.0 Å². The Morgan fingerprint density at radius 2 is 1.54 bits per heavy atom. The molecular weight excluding hydrogens is 294 g/mol. The van der Waals surface area contributed by atoms with Gasteiger partial charge in [-0.25, -0.2) is 0 Å². The van der Waals surface area contributed by atoms with Gasteiger partial charge in [0.2, 0.25) is 0 Å². The predicted octanol–water partition coefficient (Wildman–Crippen LogP) is 2.69. The van der Waals surface area contributed by atoms with E-state index in [9.17, 15) is 0 Å². The highest BCUT2D eigenvalue weighted by molar-refractivity contribution is 5.30. The number of piperazine rings is 1. The summed E-state index contributed by atoms with van der Waals surface area (Å²) in [4.78, 5) is 5.30. The maximum atomic E-state index is 3.47. The molecule has 1 saturated heterocycles. The van der Waals surface area contributed by atoms with Gasteiger partial charge in [-0.2, -0.15) is 0 Å². The van der Waals surface area contributed by atoms with Crippen LogP contribution >= 0.6 is 0 Å². The number of fused-ring (bicyclic) bond motifs is 1. The van der Waals surface area contributed by atoms with Gasteiger partial charge in [0.25, 0.3) is 0 Å². The van der Waals surface area contributed by atoms with E-state index >= 15 is 0 Å². The van der Waals surface area contributed by atoms with Crippen LogP contribution in [0.2, 0.25) is 0 Å². The van der Waals surface area contributed by atoms with Crippen molar-refractivity contribution in [3.05, 3.63) is 71.3 Å². The zero-order valence-corrected chi connectivity index (χ0v) is 14.3. The van der Waals surface area contributed by atoms with Gasteiger partial charge < -0.3 is 5.32 Å². The van der Waals surface area contributed by atoms with Crippen LogP contribution in [0.4, 0.5) is 0 Å². The van der Waals surface area contributed by atoms with E-state index in [4.69, 9.17) is 0 Å². The molecular formula is C21H27N3. The number of benzene rings is 2. The van der Waals surface area contributed by atoms with Gasteiger partial charge in [0.15, 0.2) is 0 Å².